The summed E-state index contributed by atoms with van der Waals surface area (Å²) in [5.41, 5.74) is 0.734. The fourth-order valence-corrected chi connectivity index (χ4v) is 3.89. The summed E-state index contributed by atoms with van der Waals surface area (Å²) in [5.74, 6) is 1.56. The maximum absolute atomic E-state index is 10.5. The Morgan fingerprint density at radius 1 is 1.25 bits per heavy atom. The number of nitrogens with zero attached hydrogens (tertiary/aromatic N) is 5. The molecule has 0 aliphatic heterocycles. The van der Waals surface area contributed by atoms with E-state index in [0.29, 0.717) is 23.9 Å². The summed E-state index contributed by atoms with van der Waals surface area (Å²) in [6, 6.07) is 9.27. The van der Waals surface area contributed by atoms with Gasteiger partial charge in [0.1, 0.15) is 16.9 Å². The van der Waals surface area contributed by atoms with Gasteiger partial charge in [-0.15, -0.1) is 10.2 Å². The zero-order valence-corrected chi connectivity index (χ0v) is 14.7. The van der Waals surface area contributed by atoms with Crippen LogP contribution in [-0.4, -0.2) is 41.8 Å². The van der Waals surface area contributed by atoms with Crippen molar-refractivity contribution in [2.45, 2.75) is 29.7 Å². The number of aliphatic hydroxyl groups is 2. The largest absolute Gasteiger partial charge is 0.394 e. The number of hydrogen-bond acceptors (Lipinski definition) is 8. The third-order valence-electron chi connectivity index (χ3n) is 3.27. The molecule has 1 atom stereocenters. The highest BCUT2D eigenvalue weighted by Gasteiger charge is 2.19. The van der Waals surface area contributed by atoms with Crippen molar-refractivity contribution in [1.29, 1.82) is 0 Å². The number of rotatable bonds is 7. The number of thioether (sulfide) groups is 1. The molecule has 1 aromatic carbocycles. The molecule has 3 aromatic rings. The molecule has 7 nitrogen and oxygen atoms in total. The number of aliphatic hydroxyl groups excluding tert-OH is 2. The Kier molecular flexibility index (Phi) is 5.56. The van der Waals surface area contributed by atoms with Crippen LogP contribution in [0.2, 0.25) is 0 Å². The van der Waals surface area contributed by atoms with Gasteiger partial charge in [-0.1, -0.05) is 53.4 Å². The standard InChI is InChI=1S/C15H17N5O2S2/c1-10-17-18-15(24-10)23-9-12-16-14(19-20(12)7-8-21)13(22)11-5-3-2-4-6-11/h2-6,13,21-22H,7-9H2,1H3. The van der Waals surface area contributed by atoms with Gasteiger partial charge in [0.2, 0.25) is 0 Å². The van der Waals surface area contributed by atoms with Crippen LogP contribution in [0.4, 0.5) is 0 Å². The van der Waals surface area contributed by atoms with Crippen molar-refractivity contribution < 1.29 is 10.2 Å². The maximum Gasteiger partial charge on any atom is 0.184 e. The molecule has 0 spiro atoms. The van der Waals surface area contributed by atoms with Crippen molar-refractivity contribution in [3.63, 3.8) is 0 Å². The van der Waals surface area contributed by atoms with Crippen LogP contribution in [-0.2, 0) is 12.3 Å². The molecule has 0 saturated carbocycles. The van der Waals surface area contributed by atoms with Gasteiger partial charge in [-0.2, -0.15) is 5.10 Å². The summed E-state index contributed by atoms with van der Waals surface area (Å²) in [6.07, 6.45) is -0.890. The molecule has 0 aliphatic rings. The molecule has 2 aromatic heterocycles. The molecule has 1 unspecified atom stereocenters. The third-order valence-corrected chi connectivity index (χ3v) is 5.24. The van der Waals surface area contributed by atoms with Crippen LogP contribution >= 0.6 is 23.1 Å². The zero-order valence-electron chi connectivity index (χ0n) is 13.0. The minimum atomic E-state index is -0.890. The van der Waals surface area contributed by atoms with E-state index in [2.05, 4.69) is 20.3 Å². The summed E-state index contributed by atoms with van der Waals surface area (Å²) in [5, 5.41) is 33.0. The van der Waals surface area contributed by atoms with Crippen molar-refractivity contribution in [1.82, 2.24) is 25.0 Å². The number of hydrogen-bond donors (Lipinski definition) is 2. The highest BCUT2D eigenvalue weighted by Crippen LogP contribution is 2.26. The third kappa shape index (κ3) is 3.99. The average Bonchev–Trinajstić information content (AvgIpc) is 3.20. The van der Waals surface area contributed by atoms with Gasteiger partial charge in [0.15, 0.2) is 10.2 Å². The van der Waals surface area contributed by atoms with E-state index in [9.17, 15) is 10.2 Å². The lowest BCUT2D eigenvalue weighted by molar-refractivity contribution is 0.208. The summed E-state index contributed by atoms with van der Waals surface area (Å²) in [7, 11) is 0. The van der Waals surface area contributed by atoms with E-state index in [-0.39, 0.29) is 6.61 Å². The molecular formula is C15H17N5O2S2. The average molecular weight is 363 g/mol. The summed E-state index contributed by atoms with van der Waals surface area (Å²) < 4.78 is 2.48. The smallest absolute Gasteiger partial charge is 0.184 e. The molecule has 2 N–H and O–H groups in total. The van der Waals surface area contributed by atoms with Crippen LogP contribution in [0.1, 0.15) is 28.3 Å². The van der Waals surface area contributed by atoms with Gasteiger partial charge in [-0.25, -0.2) is 9.67 Å². The fourth-order valence-electron chi connectivity index (χ4n) is 2.14. The fraction of sp³-hybridized carbons (Fsp3) is 0.333. The van der Waals surface area contributed by atoms with Gasteiger partial charge in [0.25, 0.3) is 0 Å². The van der Waals surface area contributed by atoms with Crippen molar-refractivity contribution in [3.05, 3.63) is 52.6 Å². The van der Waals surface area contributed by atoms with E-state index < -0.39 is 6.10 Å². The lowest BCUT2D eigenvalue weighted by Gasteiger charge is -2.05. The van der Waals surface area contributed by atoms with Gasteiger partial charge in [-0.05, 0) is 12.5 Å². The minimum Gasteiger partial charge on any atom is -0.394 e. The predicted molar refractivity (Wildman–Crippen MR) is 91.8 cm³/mol. The monoisotopic (exact) mass is 363 g/mol. The molecule has 24 heavy (non-hydrogen) atoms. The molecule has 9 heteroatoms. The Morgan fingerprint density at radius 2 is 2.04 bits per heavy atom. The first-order valence-corrected chi connectivity index (χ1v) is 9.18. The lowest BCUT2D eigenvalue weighted by atomic mass is 10.1. The van der Waals surface area contributed by atoms with E-state index in [1.54, 1.807) is 4.68 Å². The first-order chi connectivity index (χ1) is 11.7. The maximum atomic E-state index is 10.5. The second-order valence-electron chi connectivity index (χ2n) is 5.02. The second-order valence-corrected chi connectivity index (χ2v) is 7.43. The van der Waals surface area contributed by atoms with Crippen LogP contribution in [0, 0.1) is 6.92 Å². The van der Waals surface area contributed by atoms with E-state index in [4.69, 9.17) is 0 Å². The Labute approximate surface area is 147 Å². The summed E-state index contributed by atoms with van der Waals surface area (Å²) in [4.78, 5) is 4.45. The van der Waals surface area contributed by atoms with Crippen molar-refractivity contribution in [2.24, 2.45) is 0 Å². The Bertz CT molecular complexity index is 790. The first kappa shape index (κ1) is 17.0. The minimum absolute atomic E-state index is 0.0419. The van der Waals surface area contributed by atoms with E-state index >= 15 is 0 Å². The molecule has 0 aliphatic carbocycles. The normalized spacial score (nSPS) is 12.5. The van der Waals surface area contributed by atoms with Crippen molar-refractivity contribution >= 4 is 23.1 Å². The van der Waals surface area contributed by atoms with Gasteiger partial charge in [-0.3, -0.25) is 0 Å². The molecule has 0 bridgehead atoms. The molecule has 0 radical (unpaired) electrons. The Morgan fingerprint density at radius 3 is 2.71 bits per heavy atom. The van der Waals surface area contributed by atoms with E-state index in [1.807, 2.05) is 37.3 Å². The molecule has 2 heterocycles. The van der Waals surface area contributed by atoms with Crippen LogP contribution in [0.15, 0.2) is 34.7 Å². The quantitative estimate of drug-likeness (QED) is 0.618. The van der Waals surface area contributed by atoms with Gasteiger partial charge in [0.05, 0.1) is 18.9 Å². The van der Waals surface area contributed by atoms with Crippen LogP contribution < -0.4 is 0 Å². The van der Waals surface area contributed by atoms with Crippen LogP contribution in [0.3, 0.4) is 0 Å². The molecule has 0 fully saturated rings. The van der Waals surface area contributed by atoms with Gasteiger partial charge < -0.3 is 10.2 Å². The summed E-state index contributed by atoms with van der Waals surface area (Å²) >= 11 is 3.03. The van der Waals surface area contributed by atoms with E-state index in [1.165, 1.54) is 23.1 Å². The Hall–Kier alpha value is -1.81. The molecule has 3 rings (SSSR count). The van der Waals surface area contributed by atoms with E-state index in [0.717, 1.165) is 14.9 Å². The van der Waals surface area contributed by atoms with Crippen molar-refractivity contribution in [2.75, 3.05) is 6.61 Å². The lowest BCUT2D eigenvalue weighted by Crippen LogP contribution is -2.08. The molecule has 126 valence electrons. The number of benzene rings is 1. The Balaban J connectivity index is 1.79. The number of aromatic nitrogens is 5. The van der Waals surface area contributed by atoms with Gasteiger partial charge >= 0.3 is 0 Å². The highest BCUT2D eigenvalue weighted by molar-refractivity contribution is 8.00. The second kappa shape index (κ2) is 7.84. The predicted octanol–water partition coefficient (Wildman–Crippen LogP) is 1.80. The highest BCUT2D eigenvalue weighted by atomic mass is 32.2. The molecule has 0 amide bonds. The zero-order chi connectivity index (χ0) is 16.9. The van der Waals surface area contributed by atoms with Crippen molar-refractivity contribution in [3.8, 4) is 0 Å². The number of aryl methyl sites for hydroxylation is 1. The summed E-state index contributed by atoms with van der Waals surface area (Å²) in [6.45, 7) is 2.20. The topological polar surface area (TPSA) is 97.0 Å². The first-order valence-electron chi connectivity index (χ1n) is 7.37. The van der Waals surface area contributed by atoms with Gasteiger partial charge in [0, 0.05) is 0 Å². The van der Waals surface area contributed by atoms with Crippen LogP contribution in [0.25, 0.3) is 0 Å². The van der Waals surface area contributed by atoms with Crippen LogP contribution in [0.5, 0.6) is 0 Å². The SMILES string of the molecule is Cc1nnc(SCc2nc(C(O)c3ccccc3)nn2CCO)s1. The molecule has 0 saturated heterocycles. The molecular weight excluding hydrogens is 346 g/mol.